The Kier molecular flexibility index (Phi) is 28.4. The average Bonchev–Trinajstić information content (AvgIpc) is 3.04. The zero-order valence-electron chi connectivity index (χ0n) is 26.9. The van der Waals surface area contributed by atoms with E-state index in [1.807, 2.05) is 0 Å². The average molecular weight is 667 g/mol. The quantitative estimate of drug-likeness (QED) is 0.0605. The first kappa shape index (κ1) is 41.3. The Balaban J connectivity index is 1.69. The highest BCUT2D eigenvalue weighted by Crippen LogP contribution is 2.10. The predicted octanol–water partition coefficient (Wildman–Crippen LogP) is 3.04. The van der Waals surface area contributed by atoms with Crippen molar-refractivity contribution in [3.05, 3.63) is 30.3 Å². The summed E-state index contributed by atoms with van der Waals surface area (Å²) >= 11 is 0. The van der Waals surface area contributed by atoms with Crippen LogP contribution in [0.5, 0.6) is 0 Å². The van der Waals surface area contributed by atoms with E-state index in [1.54, 1.807) is 18.2 Å². The van der Waals surface area contributed by atoms with Gasteiger partial charge in [0.05, 0.1) is 117 Å². The molecule has 0 saturated carbocycles. The molecule has 0 spiro atoms. The minimum absolute atomic E-state index is 0.0604. The van der Waals surface area contributed by atoms with Crippen molar-refractivity contribution in [3.63, 3.8) is 0 Å². The number of benzene rings is 1. The van der Waals surface area contributed by atoms with E-state index in [2.05, 4.69) is 6.92 Å². The van der Waals surface area contributed by atoms with Crippen molar-refractivity contribution in [2.75, 3.05) is 119 Å². The molecule has 0 bridgehead atoms. The topological polar surface area (TPSA) is 144 Å². The second-order valence-electron chi connectivity index (χ2n) is 9.52. The van der Waals surface area contributed by atoms with E-state index in [-0.39, 0.29) is 30.7 Å². The van der Waals surface area contributed by atoms with Crippen LogP contribution in [0.2, 0.25) is 0 Å². The van der Waals surface area contributed by atoms with Crippen LogP contribution in [-0.2, 0) is 61.7 Å². The molecule has 0 heterocycles. The molecule has 262 valence electrons. The van der Waals surface area contributed by atoms with Crippen LogP contribution in [0.15, 0.2) is 35.2 Å². The van der Waals surface area contributed by atoms with E-state index in [0.717, 1.165) is 25.7 Å². The zero-order valence-corrected chi connectivity index (χ0v) is 27.7. The highest BCUT2D eigenvalue weighted by atomic mass is 32.2. The fourth-order valence-corrected chi connectivity index (χ4v) is 4.40. The second kappa shape index (κ2) is 30.9. The van der Waals surface area contributed by atoms with Gasteiger partial charge in [0.2, 0.25) is 0 Å². The van der Waals surface area contributed by atoms with E-state index in [9.17, 15) is 13.2 Å². The van der Waals surface area contributed by atoms with Crippen molar-refractivity contribution in [1.82, 2.24) is 0 Å². The molecule has 0 unspecified atom stereocenters. The smallest absolute Gasteiger partial charge is 0.305 e. The normalized spacial score (nSPS) is 11.7. The lowest BCUT2D eigenvalue weighted by molar-refractivity contribution is -0.145. The van der Waals surface area contributed by atoms with Crippen molar-refractivity contribution < 1.29 is 60.0 Å². The van der Waals surface area contributed by atoms with Gasteiger partial charge in [-0.2, -0.15) is 8.42 Å². The number of ether oxygens (including phenoxy) is 9. The molecule has 1 aromatic carbocycles. The minimum atomic E-state index is -3.76. The third kappa shape index (κ3) is 27.1. The molecule has 0 radical (unpaired) electrons. The van der Waals surface area contributed by atoms with Gasteiger partial charge in [0.15, 0.2) is 0 Å². The zero-order chi connectivity index (χ0) is 32.5. The molecule has 0 aliphatic heterocycles. The van der Waals surface area contributed by atoms with E-state index in [4.69, 9.17) is 46.8 Å². The number of hydrogen-bond acceptors (Lipinski definition) is 13. The Bertz CT molecular complexity index is 887. The fraction of sp³-hybridized carbons (Fsp3) is 0.774. The van der Waals surface area contributed by atoms with Crippen molar-refractivity contribution in [2.45, 2.75) is 43.9 Å². The molecular weight excluding hydrogens is 612 g/mol. The first-order valence-electron chi connectivity index (χ1n) is 15.8. The van der Waals surface area contributed by atoms with Crippen LogP contribution in [0.25, 0.3) is 0 Å². The lowest BCUT2D eigenvalue weighted by Gasteiger charge is -2.09. The van der Waals surface area contributed by atoms with Crippen LogP contribution < -0.4 is 0 Å². The maximum Gasteiger partial charge on any atom is 0.305 e. The van der Waals surface area contributed by atoms with E-state index in [1.165, 1.54) is 12.1 Å². The number of carbonyl (C=O) groups is 1. The summed E-state index contributed by atoms with van der Waals surface area (Å²) in [6.07, 6.45) is 4.72. The first-order chi connectivity index (χ1) is 22.1. The standard InChI is InChI=1S/C31H54O13S/c1-2-3-4-8-11-31(32)43-28-26-41-24-22-39-20-18-37-16-14-35-12-13-36-15-17-38-19-21-40-23-25-42-27-29-44-45(33,34)30-9-6-5-7-10-30/h5-7,9-10H,2-4,8,11-29H2,1H3. The third-order valence-electron chi connectivity index (χ3n) is 5.83. The SMILES string of the molecule is CCCCCCC(=O)OCCOCCOCCOCCOCCOCCOCCOCCOCCOS(=O)(=O)c1ccccc1. The maximum atomic E-state index is 12.0. The van der Waals surface area contributed by atoms with Crippen LogP contribution in [0.3, 0.4) is 0 Å². The van der Waals surface area contributed by atoms with Gasteiger partial charge < -0.3 is 42.6 Å². The van der Waals surface area contributed by atoms with Crippen molar-refractivity contribution in [2.24, 2.45) is 0 Å². The van der Waals surface area contributed by atoms with Gasteiger partial charge in [0.25, 0.3) is 10.1 Å². The summed E-state index contributed by atoms with van der Waals surface area (Å²) in [4.78, 5) is 11.7. The van der Waals surface area contributed by atoms with Crippen LogP contribution in [-0.4, -0.2) is 133 Å². The molecule has 0 aliphatic carbocycles. The second-order valence-corrected chi connectivity index (χ2v) is 11.1. The van der Waals surface area contributed by atoms with Gasteiger partial charge in [-0.1, -0.05) is 44.4 Å². The summed E-state index contributed by atoms with van der Waals surface area (Å²) < 4.78 is 77.3. The Morgan fingerprint density at radius 1 is 0.511 bits per heavy atom. The van der Waals surface area contributed by atoms with Gasteiger partial charge in [-0.3, -0.25) is 8.98 Å². The van der Waals surface area contributed by atoms with Crippen LogP contribution in [0, 0.1) is 0 Å². The molecule has 0 amide bonds. The first-order valence-corrected chi connectivity index (χ1v) is 17.2. The lowest BCUT2D eigenvalue weighted by atomic mass is 10.2. The van der Waals surface area contributed by atoms with Gasteiger partial charge in [-0.15, -0.1) is 0 Å². The molecular formula is C31H54O13S. The highest BCUT2D eigenvalue weighted by Gasteiger charge is 2.13. The van der Waals surface area contributed by atoms with Crippen LogP contribution >= 0.6 is 0 Å². The predicted molar refractivity (Wildman–Crippen MR) is 166 cm³/mol. The molecule has 0 fully saturated rings. The molecule has 0 aliphatic rings. The fourth-order valence-electron chi connectivity index (χ4n) is 3.48. The molecule has 13 nitrogen and oxygen atoms in total. The Morgan fingerprint density at radius 3 is 1.29 bits per heavy atom. The van der Waals surface area contributed by atoms with Gasteiger partial charge in [-0.25, -0.2) is 0 Å². The van der Waals surface area contributed by atoms with Crippen LogP contribution in [0.1, 0.15) is 39.0 Å². The Morgan fingerprint density at radius 2 is 0.889 bits per heavy atom. The summed E-state index contributed by atoms with van der Waals surface area (Å²) in [7, 11) is -3.76. The van der Waals surface area contributed by atoms with E-state index >= 15 is 0 Å². The number of hydrogen-bond donors (Lipinski definition) is 0. The largest absolute Gasteiger partial charge is 0.463 e. The van der Waals surface area contributed by atoms with Gasteiger partial charge >= 0.3 is 5.97 Å². The highest BCUT2D eigenvalue weighted by molar-refractivity contribution is 7.86. The van der Waals surface area contributed by atoms with Crippen LogP contribution in [0.4, 0.5) is 0 Å². The van der Waals surface area contributed by atoms with Crippen molar-refractivity contribution in [1.29, 1.82) is 0 Å². The summed E-state index contributed by atoms with van der Waals surface area (Å²) in [6.45, 7) is 9.05. The third-order valence-corrected chi connectivity index (χ3v) is 7.15. The van der Waals surface area contributed by atoms with Crippen molar-refractivity contribution >= 4 is 16.1 Å². The summed E-state index contributed by atoms with van der Waals surface area (Å²) in [5.74, 6) is -0.161. The number of rotatable bonds is 34. The monoisotopic (exact) mass is 666 g/mol. The van der Waals surface area contributed by atoms with E-state index in [0.29, 0.717) is 106 Å². The molecule has 0 atom stereocenters. The molecule has 0 N–H and O–H groups in total. The molecule has 14 heteroatoms. The maximum absolute atomic E-state index is 12.0. The number of unbranched alkanes of at least 4 members (excludes halogenated alkanes) is 3. The van der Waals surface area contributed by atoms with Gasteiger partial charge in [0, 0.05) is 6.42 Å². The summed E-state index contributed by atoms with van der Waals surface area (Å²) in [5, 5.41) is 0. The number of carbonyl (C=O) groups excluding carboxylic acids is 1. The summed E-state index contributed by atoms with van der Waals surface area (Å²) in [5.41, 5.74) is 0. The molecule has 0 aromatic heterocycles. The van der Waals surface area contributed by atoms with Crippen molar-refractivity contribution in [3.8, 4) is 0 Å². The van der Waals surface area contributed by atoms with Gasteiger partial charge in [0.1, 0.15) is 6.61 Å². The Hall–Kier alpha value is -1.72. The lowest BCUT2D eigenvalue weighted by Crippen LogP contribution is -2.16. The molecule has 1 aromatic rings. The number of esters is 1. The molecule has 0 saturated heterocycles. The van der Waals surface area contributed by atoms with Gasteiger partial charge in [-0.05, 0) is 18.6 Å². The molecule has 45 heavy (non-hydrogen) atoms. The summed E-state index contributed by atoms with van der Waals surface area (Å²) in [6, 6.07) is 7.97. The Labute approximate surface area is 269 Å². The molecule has 1 rings (SSSR count). The van der Waals surface area contributed by atoms with E-state index < -0.39 is 10.1 Å². The minimum Gasteiger partial charge on any atom is -0.463 e.